The maximum absolute atomic E-state index is 13.0. The summed E-state index contributed by atoms with van der Waals surface area (Å²) in [7, 11) is 0. The number of benzene rings is 6. The molecular formula is C52H45ClF14N2O8. The molecule has 0 atom stereocenters. The Kier molecular flexibility index (Phi) is 22.6. The summed E-state index contributed by atoms with van der Waals surface area (Å²) in [6.45, 7) is -2.87. The molecule has 416 valence electrons. The van der Waals surface area contributed by atoms with E-state index in [4.69, 9.17) is 10.5 Å². The van der Waals surface area contributed by atoms with Gasteiger partial charge in [-0.2, -0.15) is 0 Å². The first-order chi connectivity index (χ1) is 36.2. The third-order valence-electron chi connectivity index (χ3n) is 10.7. The van der Waals surface area contributed by atoms with E-state index in [1.807, 2.05) is 0 Å². The Morgan fingerprint density at radius 1 is 0.442 bits per heavy atom. The number of nitrogens with one attached hydrogen (secondary N) is 1. The molecule has 0 bridgehead atoms. The van der Waals surface area contributed by atoms with Crippen molar-refractivity contribution in [3.05, 3.63) is 191 Å². The van der Waals surface area contributed by atoms with Crippen molar-refractivity contribution in [3.8, 4) is 23.0 Å². The monoisotopic (exact) mass is 1130 g/mol. The molecule has 77 heavy (non-hydrogen) atoms. The number of halogens is 15. The van der Waals surface area contributed by atoms with Gasteiger partial charge in [-0.3, -0.25) is 0 Å². The van der Waals surface area contributed by atoms with Gasteiger partial charge >= 0.3 is 37.0 Å². The minimum Gasteiger partial charge on any atom is -0.451 e. The summed E-state index contributed by atoms with van der Waals surface area (Å²) in [6, 6.07) is 37.9. The van der Waals surface area contributed by atoms with Crippen molar-refractivity contribution < 1.29 is 99.5 Å². The maximum atomic E-state index is 13.0. The highest BCUT2D eigenvalue weighted by Gasteiger charge is 2.40. The molecule has 25 heteroatoms. The second kappa shape index (κ2) is 28.1. The van der Waals surface area contributed by atoms with Crippen LogP contribution >= 0.6 is 11.6 Å². The van der Waals surface area contributed by atoms with Crippen molar-refractivity contribution in [2.75, 3.05) is 39.7 Å². The lowest BCUT2D eigenvalue weighted by Crippen LogP contribution is -2.44. The zero-order valence-corrected chi connectivity index (χ0v) is 40.4. The van der Waals surface area contributed by atoms with E-state index in [2.05, 4.69) is 40.6 Å². The second-order valence-electron chi connectivity index (χ2n) is 15.9. The molecule has 6 aromatic carbocycles. The molecule has 0 aliphatic rings. The molecular weight excluding hydrogens is 1080 g/mol. The van der Waals surface area contributed by atoms with E-state index < -0.39 is 90.8 Å². The van der Waals surface area contributed by atoms with Crippen LogP contribution in [0.5, 0.6) is 23.0 Å². The van der Waals surface area contributed by atoms with Crippen LogP contribution in [0.1, 0.15) is 33.4 Å². The fourth-order valence-electron chi connectivity index (χ4n) is 7.69. The van der Waals surface area contributed by atoms with Crippen LogP contribution in [0, 0.1) is 0 Å². The van der Waals surface area contributed by atoms with E-state index >= 15 is 0 Å². The van der Waals surface area contributed by atoms with E-state index in [1.165, 1.54) is 48.5 Å². The van der Waals surface area contributed by atoms with E-state index in [1.54, 1.807) is 72.8 Å². The molecule has 0 spiro atoms. The van der Waals surface area contributed by atoms with Gasteiger partial charge in [0, 0.05) is 35.5 Å². The zero-order chi connectivity index (χ0) is 56.9. The van der Waals surface area contributed by atoms with Gasteiger partial charge in [0.15, 0.2) is 0 Å². The van der Waals surface area contributed by atoms with Gasteiger partial charge < -0.3 is 39.5 Å². The number of ether oxygens (including phenoxy) is 6. The number of carbonyl (C=O) groups is 2. The van der Waals surface area contributed by atoms with Crippen LogP contribution in [0.2, 0.25) is 0 Å². The van der Waals surface area contributed by atoms with Crippen LogP contribution in [0.15, 0.2) is 158 Å². The lowest BCUT2D eigenvalue weighted by molar-refractivity contribution is -0.275. The minimum atomic E-state index is -5.00. The van der Waals surface area contributed by atoms with Gasteiger partial charge in [-0.15, -0.1) is 52.7 Å². The van der Waals surface area contributed by atoms with Crippen molar-refractivity contribution in [1.29, 1.82) is 0 Å². The summed E-state index contributed by atoms with van der Waals surface area (Å²) in [5, 5.41) is 2.46. The normalized spacial score (nSPS) is 11.9. The van der Waals surface area contributed by atoms with Gasteiger partial charge in [-0.25, -0.2) is 18.4 Å². The number of amides is 1. The van der Waals surface area contributed by atoms with Gasteiger partial charge in [-0.05, 0) is 94.8 Å². The predicted molar refractivity (Wildman–Crippen MR) is 252 cm³/mol. The first-order valence-corrected chi connectivity index (χ1v) is 22.6. The maximum Gasteiger partial charge on any atom is 0.573 e. The molecule has 0 saturated carbocycles. The Balaban J connectivity index is 0.000000299. The highest BCUT2D eigenvalue weighted by atomic mass is 35.5. The second-order valence-corrected chi connectivity index (χ2v) is 16.3. The van der Waals surface area contributed by atoms with E-state index in [9.17, 15) is 71.1 Å². The molecule has 0 radical (unpaired) electrons. The highest BCUT2D eigenvalue weighted by molar-refractivity contribution is 6.61. The molecule has 10 nitrogen and oxygen atoms in total. The molecule has 0 unspecified atom stereocenters. The topological polar surface area (TPSA) is 128 Å². The summed E-state index contributed by atoms with van der Waals surface area (Å²) in [5.74, 6) is -2.06. The van der Waals surface area contributed by atoms with E-state index in [-0.39, 0.29) is 43.7 Å². The Hall–Kier alpha value is -7.47. The number of alkyl halides is 14. The Morgan fingerprint density at radius 3 is 1.04 bits per heavy atom. The number of alkyl carbamates (subject to hydrolysis) is 1. The largest absolute Gasteiger partial charge is 0.573 e. The van der Waals surface area contributed by atoms with Crippen molar-refractivity contribution in [2.45, 2.75) is 49.1 Å². The zero-order valence-electron chi connectivity index (χ0n) is 39.7. The number of hydrogen-bond acceptors (Lipinski definition) is 9. The summed E-state index contributed by atoms with van der Waals surface area (Å²) in [6.07, 6.45) is -20.6. The fraction of sp³-hybridized carbons (Fsp3) is 0.269. The average Bonchev–Trinajstić information content (AvgIpc) is 3.35. The Morgan fingerprint density at radius 2 is 0.753 bits per heavy atom. The predicted octanol–water partition coefficient (Wildman–Crippen LogP) is 14.0. The Labute approximate surface area is 435 Å². The van der Waals surface area contributed by atoms with Gasteiger partial charge in [0.25, 0.3) is 0 Å². The van der Waals surface area contributed by atoms with Crippen LogP contribution in [0.3, 0.4) is 0 Å². The molecule has 3 N–H and O–H groups in total. The molecule has 0 heterocycles. The lowest BCUT2D eigenvalue weighted by Gasteiger charge is -2.36. The molecule has 0 aliphatic carbocycles. The van der Waals surface area contributed by atoms with Crippen LogP contribution in [-0.2, 0) is 33.1 Å². The minimum absolute atomic E-state index is 0.0160. The van der Waals surface area contributed by atoms with Crippen LogP contribution < -0.4 is 30.0 Å². The standard InChI is InChI=1S/C26H22F7NO4.C23H19F6NO2.C3H4ClFO2/c27-12-13-36-23(35)34-17-24(16-18-6-2-1-3-7-18,19-8-4-10-21(14-19)37-25(28,29)30)20-9-5-11-22(15-20)38-26(31,32)33;24-22(25,26)31-19-10-4-8-17(12-19)21(15-30,14-16-6-2-1-3-7-16)18-9-5-11-20(13-18)32-23(27,28)29;4-3(6)7-2-1-5/h1-11,14-15H,12-13,16-17H2,(H,34,35);1-13H,14-15,30H2;1-2H2. The fourth-order valence-corrected chi connectivity index (χ4v) is 7.77. The molecule has 6 rings (SSSR count). The summed E-state index contributed by atoms with van der Waals surface area (Å²) < 4.78 is 203. The van der Waals surface area contributed by atoms with Gasteiger partial charge in [0.1, 0.15) is 49.6 Å². The number of rotatable bonds is 19. The first kappa shape index (κ1) is 62.1. The van der Waals surface area contributed by atoms with Crippen molar-refractivity contribution in [2.24, 2.45) is 5.73 Å². The van der Waals surface area contributed by atoms with Crippen LogP contribution in [-0.4, -0.2) is 76.6 Å². The summed E-state index contributed by atoms with van der Waals surface area (Å²) in [5.41, 5.74) is 5.09. The number of carbonyl (C=O) groups excluding carboxylic acids is 2. The third kappa shape index (κ3) is 21.2. The van der Waals surface area contributed by atoms with Gasteiger partial charge in [0.2, 0.25) is 0 Å². The summed E-state index contributed by atoms with van der Waals surface area (Å²) in [4.78, 5) is 21.8. The molecule has 0 aromatic heterocycles. The van der Waals surface area contributed by atoms with Crippen LogP contribution in [0.4, 0.5) is 71.1 Å². The summed E-state index contributed by atoms with van der Waals surface area (Å²) >= 11 is 4.63. The van der Waals surface area contributed by atoms with E-state index in [0.29, 0.717) is 16.7 Å². The lowest BCUT2D eigenvalue weighted by atomic mass is 9.70. The number of hydrogen-bond donors (Lipinski definition) is 2. The molecule has 0 fully saturated rings. The SMILES string of the molecule is NCC(Cc1ccccc1)(c1cccc(OC(F)(F)F)c1)c1cccc(OC(F)(F)F)c1.O=C(Cl)OCCF.O=C(NCC(Cc1ccccc1)(c1cccc(OC(F)(F)F)c1)c1cccc(OC(F)(F)F)c1)OCCF. The molecule has 0 saturated heterocycles. The van der Waals surface area contributed by atoms with Gasteiger partial charge in [0.05, 0.1) is 0 Å². The van der Waals surface area contributed by atoms with E-state index in [0.717, 1.165) is 42.0 Å². The van der Waals surface area contributed by atoms with Crippen molar-refractivity contribution in [1.82, 2.24) is 5.32 Å². The van der Waals surface area contributed by atoms with Crippen molar-refractivity contribution >= 4 is 23.1 Å². The highest BCUT2D eigenvalue weighted by Crippen LogP contribution is 2.42. The third-order valence-corrected chi connectivity index (χ3v) is 10.8. The molecule has 0 aliphatic heterocycles. The first-order valence-electron chi connectivity index (χ1n) is 22.3. The Bertz CT molecular complexity index is 2650. The molecule has 1 amide bonds. The smallest absolute Gasteiger partial charge is 0.451 e. The van der Waals surface area contributed by atoms with Crippen LogP contribution in [0.25, 0.3) is 0 Å². The number of nitrogens with two attached hydrogens (primary N) is 1. The average molecular weight is 1130 g/mol. The quantitative estimate of drug-likeness (QED) is 0.0602. The molecule has 6 aromatic rings. The van der Waals surface area contributed by atoms with Crippen molar-refractivity contribution in [3.63, 3.8) is 0 Å². The van der Waals surface area contributed by atoms with Gasteiger partial charge in [-0.1, -0.05) is 109 Å².